The van der Waals surface area contributed by atoms with Gasteiger partial charge in [-0.05, 0) is 18.9 Å². The van der Waals surface area contributed by atoms with Crippen molar-refractivity contribution in [2.75, 3.05) is 0 Å². The standard InChI is InChI=1S/C9H10O/c1-2-8(7-10)9-5-3-4-6-9/h2-5,7H,6H2,1H3/b8-2-. The topological polar surface area (TPSA) is 17.1 Å². The minimum absolute atomic E-state index is 0.810. The van der Waals surface area contributed by atoms with E-state index in [1.165, 1.54) is 0 Å². The smallest absolute Gasteiger partial charge is 0.150 e. The molecule has 0 aromatic rings. The van der Waals surface area contributed by atoms with Gasteiger partial charge in [-0.25, -0.2) is 0 Å². The molecule has 10 heavy (non-hydrogen) atoms. The van der Waals surface area contributed by atoms with E-state index in [-0.39, 0.29) is 0 Å². The molecule has 0 atom stereocenters. The molecular formula is C9H10O. The summed E-state index contributed by atoms with van der Waals surface area (Å²) >= 11 is 0. The van der Waals surface area contributed by atoms with Gasteiger partial charge in [-0.2, -0.15) is 0 Å². The predicted octanol–water partition coefficient (Wildman–Crippen LogP) is 2.02. The Hall–Kier alpha value is -1.11. The van der Waals surface area contributed by atoms with Crippen LogP contribution >= 0.6 is 0 Å². The minimum atomic E-state index is 0.810. The minimum Gasteiger partial charge on any atom is -0.298 e. The Bertz CT molecular complexity index is 219. The molecule has 1 nitrogen and oxygen atoms in total. The van der Waals surface area contributed by atoms with Crippen molar-refractivity contribution in [2.24, 2.45) is 0 Å². The summed E-state index contributed by atoms with van der Waals surface area (Å²) in [6.45, 7) is 1.88. The molecule has 0 saturated heterocycles. The molecule has 0 spiro atoms. The van der Waals surface area contributed by atoms with E-state index in [9.17, 15) is 4.79 Å². The first kappa shape index (κ1) is 7.00. The van der Waals surface area contributed by atoms with Gasteiger partial charge in [0.15, 0.2) is 0 Å². The molecule has 0 amide bonds. The molecular weight excluding hydrogens is 124 g/mol. The Morgan fingerprint density at radius 2 is 2.50 bits per heavy atom. The normalized spacial score (nSPS) is 17.3. The third kappa shape index (κ3) is 1.24. The molecule has 0 N–H and O–H groups in total. The molecule has 0 aliphatic heterocycles. The van der Waals surface area contributed by atoms with Gasteiger partial charge in [0, 0.05) is 5.57 Å². The average molecular weight is 134 g/mol. The molecule has 1 aliphatic rings. The largest absolute Gasteiger partial charge is 0.298 e. The van der Waals surface area contributed by atoms with E-state index in [2.05, 4.69) is 0 Å². The first-order valence-corrected chi connectivity index (χ1v) is 3.36. The summed E-state index contributed by atoms with van der Waals surface area (Å²) in [6, 6.07) is 0. The van der Waals surface area contributed by atoms with Crippen LogP contribution in [0.3, 0.4) is 0 Å². The highest BCUT2D eigenvalue weighted by Crippen LogP contribution is 2.17. The zero-order chi connectivity index (χ0) is 7.40. The highest BCUT2D eigenvalue weighted by atomic mass is 16.1. The van der Waals surface area contributed by atoms with Crippen LogP contribution in [0.5, 0.6) is 0 Å². The van der Waals surface area contributed by atoms with Gasteiger partial charge < -0.3 is 0 Å². The molecule has 1 rings (SSSR count). The Morgan fingerprint density at radius 1 is 1.70 bits per heavy atom. The van der Waals surface area contributed by atoms with Crippen molar-refractivity contribution in [3.8, 4) is 0 Å². The van der Waals surface area contributed by atoms with Crippen LogP contribution in [0.4, 0.5) is 0 Å². The van der Waals surface area contributed by atoms with E-state index in [0.29, 0.717) is 0 Å². The molecule has 0 aromatic heterocycles. The molecule has 52 valence electrons. The van der Waals surface area contributed by atoms with Crippen LogP contribution in [-0.4, -0.2) is 6.29 Å². The van der Waals surface area contributed by atoms with Crippen molar-refractivity contribution in [3.05, 3.63) is 35.5 Å². The summed E-state index contributed by atoms with van der Waals surface area (Å²) in [5, 5.41) is 0. The summed E-state index contributed by atoms with van der Waals surface area (Å²) in [5.74, 6) is 0. The maximum absolute atomic E-state index is 10.4. The summed E-state index contributed by atoms with van der Waals surface area (Å²) < 4.78 is 0. The van der Waals surface area contributed by atoms with Gasteiger partial charge in [0.05, 0.1) is 0 Å². The number of carbonyl (C=O) groups excluding carboxylic acids is 1. The van der Waals surface area contributed by atoms with Crippen LogP contribution in [0.15, 0.2) is 35.5 Å². The molecule has 0 saturated carbocycles. The van der Waals surface area contributed by atoms with E-state index >= 15 is 0 Å². The number of carbonyl (C=O) groups is 1. The molecule has 0 radical (unpaired) electrons. The number of rotatable bonds is 2. The van der Waals surface area contributed by atoms with Gasteiger partial charge in [-0.15, -0.1) is 0 Å². The second-order valence-electron chi connectivity index (χ2n) is 2.19. The van der Waals surface area contributed by atoms with Crippen LogP contribution in [0.1, 0.15) is 13.3 Å². The Kier molecular flexibility index (Phi) is 2.21. The zero-order valence-electron chi connectivity index (χ0n) is 6.00. The molecule has 1 aliphatic carbocycles. The van der Waals surface area contributed by atoms with E-state index in [1.807, 2.05) is 31.2 Å². The molecule has 1 heteroatoms. The van der Waals surface area contributed by atoms with Crippen molar-refractivity contribution in [2.45, 2.75) is 13.3 Å². The SMILES string of the molecule is C/C=C(/C=O)C1=CC=CC1. The zero-order valence-corrected chi connectivity index (χ0v) is 6.00. The summed E-state index contributed by atoms with van der Waals surface area (Å²) in [6.07, 6.45) is 9.64. The van der Waals surface area contributed by atoms with Crippen LogP contribution in [0, 0.1) is 0 Å². The fourth-order valence-electron chi connectivity index (χ4n) is 0.990. The van der Waals surface area contributed by atoms with E-state index < -0.39 is 0 Å². The van der Waals surface area contributed by atoms with Crippen LogP contribution in [-0.2, 0) is 4.79 Å². The van der Waals surface area contributed by atoms with Crippen molar-refractivity contribution in [3.63, 3.8) is 0 Å². The van der Waals surface area contributed by atoms with Crippen molar-refractivity contribution in [1.82, 2.24) is 0 Å². The summed E-state index contributed by atoms with van der Waals surface area (Å²) in [4.78, 5) is 10.4. The molecule has 0 bridgehead atoms. The maximum Gasteiger partial charge on any atom is 0.150 e. The van der Waals surface area contributed by atoms with E-state index in [4.69, 9.17) is 0 Å². The van der Waals surface area contributed by atoms with E-state index in [1.54, 1.807) is 0 Å². The quantitative estimate of drug-likeness (QED) is 0.417. The predicted molar refractivity (Wildman–Crippen MR) is 41.7 cm³/mol. The Morgan fingerprint density at radius 3 is 2.90 bits per heavy atom. The lowest BCUT2D eigenvalue weighted by Gasteiger charge is -1.96. The van der Waals surface area contributed by atoms with Crippen LogP contribution in [0.25, 0.3) is 0 Å². The fraction of sp³-hybridized carbons (Fsp3) is 0.222. The molecule has 0 aromatic carbocycles. The molecule has 0 unspecified atom stereocenters. The lowest BCUT2D eigenvalue weighted by atomic mass is 10.1. The number of hydrogen-bond acceptors (Lipinski definition) is 1. The first-order valence-electron chi connectivity index (χ1n) is 3.36. The van der Waals surface area contributed by atoms with E-state index in [0.717, 1.165) is 23.9 Å². The second kappa shape index (κ2) is 3.16. The van der Waals surface area contributed by atoms with Crippen molar-refractivity contribution >= 4 is 6.29 Å². The Balaban J connectivity index is 2.74. The van der Waals surface area contributed by atoms with Crippen molar-refractivity contribution < 1.29 is 4.79 Å². The number of aldehydes is 1. The number of hydrogen-bond donors (Lipinski definition) is 0. The first-order chi connectivity index (χ1) is 4.88. The van der Waals surface area contributed by atoms with Gasteiger partial charge in [0.2, 0.25) is 0 Å². The third-order valence-corrected chi connectivity index (χ3v) is 1.58. The maximum atomic E-state index is 10.4. The highest BCUT2D eigenvalue weighted by Gasteiger charge is 2.02. The number of allylic oxidation sites excluding steroid dienone is 6. The third-order valence-electron chi connectivity index (χ3n) is 1.58. The highest BCUT2D eigenvalue weighted by molar-refractivity contribution is 5.80. The fourth-order valence-corrected chi connectivity index (χ4v) is 0.990. The molecule has 0 heterocycles. The average Bonchev–Trinajstić information content (AvgIpc) is 2.43. The molecule has 0 fully saturated rings. The summed E-state index contributed by atoms with van der Waals surface area (Å²) in [7, 11) is 0. The van der Waals surface area contributed by atoms with Crippen LogP contribution < -0.4 is 0 Å². The van der Waals surface area contributed by atoms with Crippen molar-refractivity contribution in [1.29, 1.82) is 0 Å². The summed E-state index contributed by atoms with van der Waals surface area (Å²) in [5.41, 5.74) is 1.93. The van der Waals surface area contributed by atoms with Gasteiger partial charge in [-0.3, -0.25) is 4.79 Å². The van der Waals surface area contributed by atoms with Gasteiger partial charge in [0.25, 0.3) is 0 Å². The monoisotopic (exact) mass is 134 g/mol. The van der Waals surface area contributed by atoms with Crippen LogP contribution in [0.2, 0.25) is 0 Å². The van der Waals surface area contributed by atoms with Gasteiger partial charge in [0.1, 0.15) is 6.29 Å². The second-order valence-corrected chi connectivity index (χ2v) is 2.19. The van der Waals surface area contributed by atoms with Gasteiger partial charge in [-0.1, -0.05) is 24.3 Å². The Labute approximate surface area is 60.7 Å². The van der Waals surface area contributed by atoms with Gasteiger partial charge >= 0.3 is 0 Å². The lowest BCUT2D eigenvalue weighted by Crippen LogP contribution is -1.86. The lowest BCUT2D eigenvalue weighted by molar-refractivity contribution is -0.104.